The van der Waals surface area contributed by atoms with E-state index in [2.05, 4.69) is 58.7 Å². The topological polar surface area (TPSA) is 15.3 Å². The van der Waals surface area contributed by atoms with Crippen LogP contribution in [0.25, 0.3) is 0 Å². The molecule has 1 N–H and O–H groups in total. The molecule has 0 bridgehead atoms. The predicted octanol–water partition coefficient (Wildman–Crippen LogP) is 4.29. The Hall–Kier alpha value is -1.45. The van der Waals surface area contributed by atoms with E-state index in [-0.39, 0.29) is 0 Å². The van der Waals surface area contributed by atoms with Gasteiger partial charge in [-0.3, -0.25) is 0 Å². The molecule has 0 amide bonds. The van der Waals surface area contributed by atoms with Crippen molar-refractivity contribution in [2.75, 3.05) is 24.5 Å². The van der Waals surface area contributed by atoms with Gasteiger partial charge in [-0.2, -0.15) is 0 Å². The number of nitrogens with one attached hydrogen (secondary N) is 1. The fourth-order valence-corrected chi connectivity index (χ4v) is 4.41. The maximum absolute atomic E-state index is 3.54. The van der Waals surface area contributed by atoms with Crippen molar-refractivity contribution in [2.24, 2.45) is 5.92 Å². The molecule has 2 heterocycles. The summed E-state index contributed by atoms with van der Waals surface area (Å²) in [5, 5.41) is 3.54. The van der Waals surface area contributed by atoms with E-state index >= 15 is 0 Å². The van der Waals surface area contributed by atoms with E-state index < -0.39 is 0 Å². The lowest BCUT2D eigenvalue weighted by atomic mass is 9.98. The van der Waals surface area contributed by atoms with Crippen LogP contribution in [0.2, 0.25) is 0 Å². The third-order valence-corrected chi connectivity index (χ3v) is 5.50. The van der Waals surface area contributed by atoms with Crippen LogP contribution in [0.15, 0.2) is 58.3 Å². The molecule has 1 atom stereocenters. The van der Waals surface area contributed by atoms with Gasteiger partial charge in [0.1, 0.15) is 0 Å². The molecule has 0 spiro atoms. The zero-order valence-electron chi connectivity index (χ0n) is 12.1. The average Bonchev–Trinajstić information content (AvgIpc) is 2.55. The Labute approximate surface area is 130 Å². The van der Waals surface area contributed by atoms with Crippen molar-refractivity contribution in [3.05, 3.63) is 48.5 Å². The Bertz CT molecular complexity index is 589. The van der Waals surface area contributed by atoms with Crippen molar-refractivity contribution in [2.45, 2.75) is 22.6 Å². The van der Waals surface area contributed by atoms with Crippen LogP contribution in [0.5, 0.6) is 0 Å². The minimum absolute atomic E-state index is 0.739. The standard InChI is InChI=1S/C18H20N2S/c1-3-9-17-15(7-1)20(13-14-6-5-11-19-12-14)16-8-2-4-10-18(16)21-17/h1-4,7-10,14,19H,5-6,11-13H2. The van der Waals surface area contributed by atoms with Gasteiger partial charge >= 0.3 is 0 Å². The fraction of sp³-hybridized carbons (Fsp3) is 0.333. The highest BCUT2D eigenvalue weighted by atomic mass is 32.2. The van der Waals surface area contributed by atoms with E-state index in [4.69, 9.17) is 0 Å². The van der Waals surface area contributed by atoms with Gasteiger partial charge in [0.05, 0.1) is 11.4 Å². The summed E-state index contributed by atoms with van der Waals surface area (Å²) in [6, 6.07) is 17.6. The second-order valence-electron chi connectivity index (χ2n) is 5.86. The van der Waals surface area contributed by atoms with Crippen LogP contribution in [0.3, 0.4) is 0 Å². The molecule has 1 unspecified atom stereocenters. The highest BCUT2D eigenvalue weighted by Crippen LogP contribution is 2.48. The highest BCUT2D eigenvalue weighted by molar-refractivity contribution is 7.99. The van der Waals surface area contributed by atoms with Crippen LogP contribution in [0, 0.1) is 5.92 Å². The van der Waals surface area contributed by atoms with Crippen LogP contribution in [-0.2, 0) is 0 Å². The summed E-state index contributed by atoms with van der Waals surface area (Å²) in [6.45, 7) is 3.44. The molecular weight excluding hydrogens is 276 g/mol. The molecule has 108 valence electrons. The van der Waals surface area contributed by atoms with E-state index in [1.54, 1.807) is 0 Å². The van der Waals surface area contributed by atoms with Gasteiger partial charge in [0.15, 0.2) is 0 Å². The van der Waals surface area contributed by atoms with E-state index in [0.717, 1.165) is 19.0 Å². The molecule has 2 aromatic carbocycles. The van der Waals surface area contributed by atoms with Gasteiger partial charge in [-0.15, -0.1) is 0 Å². The molecule has 0 saturated carbocycles. The molecule has 0 aromatic heterocycles. The number of hydrogen-bond donors (Lipinski definition) is 1. The van der Waals surface area contributed by atoms with Gasteiger partial charge in [0.2, 0.25) is 0 Å². The van der Waals surface area contributed by atoms with Crippen molar-refractivity contribution >= 4 is 23.1 Å². The first-order valence-corrected chi connectivity index (χ1v) is 8.57. The molecule has 2 nitrogen and oxygen atoms in total. The highest BCUT2D eigenvalue weighted by Gasteiger charge is 2.25. The Morgan fingerprint density at radius 1 is 1.00 bits per heavy atom. The largest absolute Gasteiger partial charge is 0.339 e. The van der Waals surface area contributed by atoms with Crippen molar-refractivity contribution in [3.8, 4) is 0 Å². The van der Waals surface area contributed by atoms with E-state index in [1.807, 2.05) is 11.8 Å². The second kappa shape index (κ2) is 5.74. The van der Waals surface area contributed by atoms with E-state index in [1.165, 1.54) is 40.6 Å². The summed E-state index contributed by atoms with van der Waals surface area (Å²) in [5.74, 6) is 0.739. The molecule has 1 saturated heterocycles. The van der Waals surface area contributed by atoms with Crippen molar-refractivity contribution < 1.29 is 0 Å². The summed E-state index contributed by atoms with van der Waals surface area (Å²) in [6.07, 6.45) is 2.64. The molecular formula is C18H20N2S. The number of piperidine rings is 1. The monoisotopic (exact) mass is 296 g/mol. The van der Waals surface area contributed by atoms with Gasteiger partial charge in [0, 0.05) is 16.3 Å². The first-order chi connectivity index (χ1) is 10.4. The summed E-state index contributed by atoms with van der Waals surface area (Å²) in [7, 11) is 0. The lowest BCUT2D eigenvalue weighted by Crippen LogP contribution is -2.37. The zero-order valence-corrected chi connectivity index (χ0v) is 12.9. The van der Waals surface area contributed by atoms with Crippen LogP contribution >= 0.6 is 11.8 Å². The molecule has 2 aliphatic heterocycles. The molecule has 2 aromatic rings. The molecule has 4 rings (SSSR count). The smallest absolute Gasteiger partial charge is 0.0552 e. The van der Waals surface area contributed by atoms with Gasteiger partial charge in [-0.1, -0.05) is 36.0 Å². The van der Waals surface area contributed by atoms with Gasteiger partial charge in [-0.25, -0.2) is 0 Å². The summed E-state index contributed by atoms with van der Waals surface area (Å²) < 4.78 is 0. The number of hydrogen-bond acceptors (Lipinski definition) is 3. The number of anilines is 2. The van der Waals surface area contributed by atoms with E-state index in [0.29, 0.717) is 0 Å². The minimum atomic E-state index is 0.739. The number of nitrogens with zero attached hydrogens (tertiary/aromatic N) is 1. The average molecular weight is 296 g/mol. The zero-order chi connectivity index (χ0) is 14.1. The second-order valence-corrected chi connectivity index (χ2v) is 6.94. The van der Waals surface area contributed by atoms with Crippen LogP contribution in [0.1, 0.15) is 12.8 Å². The lowest BCUT2D eigenvalue weighted by molar-refractivity contribution is 0.383. The third kappa shape index (κ3) is 2.56. The molecule has 2 aliphatic rings. The maximum atomic E-state index is 3.54. The van der Waals surface area contributed by atoms with Crippen molar-refractivity contribution in [1.29, 1.82) is 0 Å². The first kappa shape index (κ1) is 13.2. The van der Waals surface area contributed by atoms with Crippen LogP contribution < -0.4 is 10.2 Å². The fourth-order valence-electron chi connectivity index (χ4n) is 3.32. The lowest BCUT2D eigenvalue weighted by Gasteiger charge is -2.36. The molecule has 0 aliphatic carbocycles. The van der Waals surface area contributed by atoms with Crippen molar-refractivity contribution in [3.63, 3.8) is 0 Å². The normalized spacial score (nSPS) is 20.8. The maximum Gasteiger partial charge on any atom is 0.0552 e. The van der Waals surface area contributed by atoms with Crippen LogP contribution in [0.4, 0.5) is 11.4 Å². The number of benzene rings is 2. The van der Waals surface area contributed by atoms with Gasteiger partial charge in [-0.05, 0) is 56.1 Å². The third-order valence-electron chi connectivity index (χ3n) is 4.37. The molecule has 0 radical (unpaired) electrons. The summed E-state index contributed by atoms with van der Waals surface area (Å²) in [4.78, 5) is 5.28. The predicted molar refractivity (Wildman–Crippen MR) is 89.6 cm³/mol. The number of rotatable bonds is 2. The van der Waals surface area contributed by atoms with Crippen LogP contribution in [-0.4, -0.2) is 19.6 Å². The Balaban J connectivity index is 1.70. The van der Waals surface area contributed by atoms with Crippen molar-refractivity contribution in [1.82, 2.24) is 5.32 Å². The van der Waals surface area contributed by atoms with Gasteiger partial charge in [0.25, 0.3) is 0 Å². The summed E-state index contributed by atoms with van der Waals surface area (Å²) in [5.41, 5.74) is 2.73. The Morgan fingerprint density at radius 3 is 2.29 bits per heavy atom. The molecule has 21 heavy (non-hydrogen) atoms. The molecule has 3 heteroatoms. The Morgan fingerprint density at radius 2 is 1.67 bits per heavy atom. The van der Waals surface area contributed by atoms with E-state index in [9.17, 15) is 0 Å². The molecule has 1 fully saturated rings. The van der Waals surface area contributed by atoms with Gasteiger partial charge < -0.3 is 10.2 Å². The number of para-hydroxylation sites is 2. The SMILES string of the molecule is c1ccc2c(c1)Sc1ccccc1N2CC1CCCNC1. The minimum Gasteiger partial charge on any atom is -0.339 e. The summed E-state index contributed by atoms with van der Waals surface area (Å²) >= 11 is 1.89. The Kier molecular flexibility index (Phi) is 3.62. The number of fused-ring (bicyclic) bond motifs is 2. The first-order valence-electron chi connectivity index (χ1n) is 7.76. The quantitative estimate of drug-likeness (QED) is 0.890.